The Labute approximate surface area is 186 Å². The first-order valence-corrected chi connectivity index (χ1v) is 12.1. The van der Waals surface area contributed by atoms with Crippen molar-refractivity contribution < 1.29 is 18.9 Å². The van der Waals surface area contributed by atoms with Crippen LogP contribution >= 0.6 is 0 Å². The second kappa shape index (κ2) is 9.77. The van der Waals surface area contributed by atoms with Gasteiger partial charge in [0.1, 0.15) is 11.5 Å². The van der Waals surface area contributed by atoms with Gasteiger partial charge in [0.15, 0.2) is 27.3 Å². The molecule has 0 bridgehead atoms. The van der Waals surface area contributed by atoms with Crippen molar-refractivity contribution in [2.24, 2.45) is 0 Å². The summed E-state index contributed by atoms with van der Waals surface area (Å²) < 4.78 is 23.5. The van der Waals surface area contributed by atoms with E-state index in [9.17, 15) is 0 Å². The molecule has 5 heteroatoms. The minimum absolute atomic E-state index is 0.142. The van der Waals surface area contributed by atoms with Crippen LogP contribution in [0.4, 0.5) is 0 Å². The zero-order chi connectivity index (χ0) is 20.9. The van der Waals surface area contributed by atoms with E-state index in [-0.39, 0.29) is 23.5 Å². The molecule has 0 aliphatic carbocycles. The molecule has 3 aromatic rings. The summed E-state index contributed by atoms with van der Waals surface area (Å²) in [6.45, 7) is 1.55. The van der Waals surface area contributed by atoms with Gasteiger partial charge in [0, 0.05) is 25.0 Å². The average Bonchev–Trinajstić information content (AvgIpc) is 3.50. The van der Waals surface area contributed by atoms with Crippen molar-refractivity contribution in [1.29, 1.82) is 0 Å². The predicted molar refractivity (Wildman–Crippen MR) is 121 cm³/mol. The van der Waals surface area contributed by atoms with Crippen LogP contribution in [0.5, 0.6) is 11.5 Å². The molecule has 2 saturated heterocycles. The van der Waals surface area contributed by atoms with Gasteiger partial charge in [-0.3, -0.25) is 0 Å². The van der Waals surface area contributed by atoms with E-state index < -0.39 is 0 Å². The summed E-state index contributed by atoms with van der Waals surface area (Å²) in [5, 5.41) is 0. The highest BCUT2D eigenvalue weighted by molar-refractivity contribution is 7.97. The Balaban J connectivity index is 1.47. The molecule has 31 heavy (non-hydrogen) atoms. The van der Waals surface area contributed by atoms with E-state index >= 15 is 0 Å². The largest absolute Gasteiger partial charge is 0.465 e. The second-order valence-corrected chi connectivity index (χ2v) is 9.72. The number of ether oxygens (including phenoxy) is 4. The van der Waals surface area contributed by atoms with Crippen molar-refractivity contribution in [1.82, 2.24) is 0 Å². The smallest absolute Gasteiger partial charge is 0.199 e. The fourth-order valence-corrected chi connectivity index (χ4v) is 6.04. The summed E-state index contributed by atoms with van der Waals surface area (Å²) in [4.78, 5) is 3.66. The Bertz CT molecular complexity index is 920. The van der Waals surface area contributed by atoms with Gasteiger partial charge in [-0.2, -0.15) is 0 Å². The Kier molecular flexibility index (Phi) is 6.44. The maximum atomic E-state index is 6.09. The highest BCUT2D eigenvalue weighted by Gasteiger charge is 2.30. The van der Waals surface area contributed by atoms with Crippen LogP contribution in [0.3, 0.4) is 0 Å². The fourth-order valence-electron chi connectivity index (χ4n) is 3.90. The lowest BCUT2D eigenvalue weighted by atomic mass is 10.3. The molecule has 2 aliphatic heterocycles. The van der Waals surface area contributed by atoms with E-state index in [1.165, 1.54) is 14.7 Å². The summed E-state index contributed by atoms with van der Waals surface area (Å²) in [7, 11) is -0.283. The summed E-state index contributed by atoms with van der Waals surface area (Å²) in [5.41, 5.74) is 0. The zero-order valence-electron chi connectivity index (χ0n) is 17.4. The molecule has 5 rings (SSSR count). The Morgan fingerprint density at radius 3 is 1.61 bits per heavy atom. The van der Waals surface area contributed by atoms with Crippen molar-refractivity contribution >= 4 is 10.9 Å². The molecule has 160 valence electrons. The van der Waals surface area contributed by atoms with Crippen LogP contribution in [-0.2, 0) is 20.4 Å². The van der Waals surface area contributed by atoms with Gasteiger partial charge >= 0.3 is 0 Å². The van der Waals surface area contributed by atoms with Gasteiger partial charge in [-0.1, -0.05) is 30.3 Å². The quantitative estimate of drug-likeness (QED) is 0.439. The van der Waals surface area contributed by atoms with E-state index in [1.807, 2.05) is 12.1 Å². The summed E-state index contributed by atoms with van der Waals surface area (Å²) in [6, 6.07) is 27.4. The number of benzene rings is 3. The Hall–Kier alpha value is -2.47. The molecule has 0 radical (unpaired) electrons. The van der Waals surface area contributed by atoms with Gasteiger partial charge in [0.25, 0.3) is 0 Å². The third-order valence-electron chi connectivity index (χ3n) is 5.37. The van der Waals surface area contributed by atoms with Crippen molar-refractivity contribution in [3.63, 3.8) is 0 Å². The van der Waals surface area contributed by atoms with Crippen LogP contribution in [0, 0.1) is 0 Å². The molecule has 0 aromatic heterocycles. The van der Waals surface area contributed by atoms with Gasteiger partial charge in [-0.05, 0) is 49.2 Å². The first kappa shape index (κ1) is 20.4. The second-order valence-electron chi connectivity index (χ2n) is 7.69. The molecular formula is C26H27O4S+. The molecule has 2 aliphatic rings. The van der Waals surface area contributed by atoms with Crippen molar-refractivity contribution in [3.05, 3.63) is 78.9 Å². The maximum Gasteiger partial charge on any atom is 0.199 e. The minimum atomic E-state index is -0.283. The van der Waals surface area contributed by atoms with Crippen molar-refractivity contribution in [3.8, 4) is 11.5 Å². The zero-order valence-corrected chi connectivity index (χ0v) is 18.3. The fraction of sp³-hybridized carbons (Fsp3) is 0.308. The van der Waals surface area contributed by atoms with Crippen LogP contribution in [0.25, 0.3) is 0 Å². The first-order valence-electron chi connectivity index (χ1n) is 10.9. The van der Waals surface area contributed by atoms with Gasteiger partial charge in [-0.25, -0.2) is 0 Å². The van der Waals surface area contributed by atoms with E-state index in [0.29, 0.717) is 0 Å². The Morgan fingerprint density at radius 1 is 0.613 bits per heavy atom. The summed E-state index contributed by atoms with van der Waals surface area (Å²) in [5.74, 6) is 1.70. The van der Waals surface area contributed by atoms with E-state index in [2.05, 4.69) is 66.7 Å². The lowest BCUT2D eigenvalue weighted by Crippen LogP contribution is -2.15. The lowest BCUT2D eigenvalue weighted by Gasteiger charge is -2.15. The summed E-state index contributed by atoms with van der Waals surface area (Å²) >= 11 is 0. The molecule has 2 heterocycles. The molecular weight excluding hydrogens is 408 g/mol. The van der Waals surface area contributed by atoms with Crippen LogP contribution in [-0.4, -0.2) is 25.8 Å². The van der Waals surface area contributed by atoms with Crippen LogP contribution in [0.15, 0.2) is 93.5 Å². The number of hydrogen-bond acceptors (Lipinski definition) is 4. The third-order valence-corrected chi connectivity index (χ3v) is 7.57. The molecule has 2 atom stereocenters. The van der Waals surface area contributed by atoms with Crippen LogP contribution in [0.1, 0.15) is 25.7 Å². The van der Waals surface area contributed by atoms with E-state index in [1.54, 1.807) is 0 Å². The lowest BCUT2D eigenvalue weighted by molar-refractivity contribution is -0.0394. The molecule has 0 saturated carbocycles. The van der Waals surface area contributed by atoms with Crippen molar-refractivity contribution in [2.45, 2.75) is 52.9 Å². The first-order chi connectivity index (χ1) is 15.3. The van der Waals surface area contributed by atoms with Crippen LogP contribution in [0.2, 0.25) is 0 Å². The number of hydrogen-bond donors (Lipinski definition) is 0. The molecule has 0 amide bonds. The number of rotatable bonds is 7. The molecule has 2 fully saturated rings. The molecule has 4 nitrogen and oxygen atoms in total. The van der Waals surface area contributed by atoms with Gasteiger partial charge in [-0.15, -0.1) is 0 Å². The monoisotopic (exact) mass is 435 g/mol. The summed E-state index contributed by atoms with van der Waals surface area (Å²) in [6.07, 6.45) is 3.70. The molecule has 0 N–H and O–H groups in total. The molecule has 3 aromatic carbocycles. The predicted octanol–water partition coefficient (Wildman–Crippen LogP) is 5.81. The SMILES string of the molecule is c1ccc([S+](c2cccc(OC3CCCO3)c2)c2cccc(OC3CCCO3)c2)cc1. The molecule has 2 unspecified atom stereocenters. The van der Waals surface area contributed by atoms with Crippen molar-refractivity contribution in [2.75, 3.05) is 13.2 Å². The van der Waals surface area contributed by atoms with Gasteiger partial charge in [0.05, 0.1) is 24.1 Å². The molecule has 0 spiro atoms. The van der Waals surface area contributed by atoms with Crippen LogP contribution < -0.4 is 9.47 Å². The minimum Gasteiger partial charge on any atom is -0.465 e. The Morgan fingerprint density at radius 2 is 1.13 bits per heavy atom. The average molecular weight is 436 g/mol. The third kappa shape index (κ3) is 5.06. The van der Waals surface area contributed by atoms with E-state index in [4.69, 9.17) is 18.9 Å². The topological polar surface area (TPSA) is 36.9 Å². The van der Waals surface area contributed by atoms with Gasteiger partial charge < -0.3 is 18.9 Å². The van der Waals surface area contributed by atoms with Gasteiger partial charge in [0.2, 0.25) is 0 Å². The standard InChI is InChI=1S/C26H27O4S/c1-2-10-22(11-3-1)31(23-12-4-8-20(18-23)29-25-14-6-16-27-25)24-13-5-9-21(19-24)30-26-15-7-17-28-26/h1-5,8-13,18-19,25-26H,6-7,14-17H2/q+1. The highest BCUT2D eigenvalue weighted by Crippen LogP contribution is 2.35. The normalized spacial score (nSPS) is 21.7. The van der Waals surface area contributed by atoms with E-state index in [0.717, 1.165) is 50.4 Å². The maximum absolute atomic E-state index is 6.09. The highest BCUT2D eigenvalue weighted by atomic mass is 32.2.